The predicted molar refractivity (Wildman–Crippen MR) is 76.7 cm³/mol. The maximum absolute atomic E-state index is 11.9. The van der Waals surface area contributed by atoms with E-state index in [1.54, 1.807) is 6.92 Å². The van der Waals surface area contributed by atoms with Crippen LogP contribution < -0.4 is 10.6 Å². The highest BCUT2D eigenvalue weighted by Gasteiger charge is 2.29. The summed E-state index contributed by atoms with van der Waals surface area (Å²) in [4.78, 5) is 11.9. The van der Waals surface area contributed by atoms with Gasteiger partial charge in [0.15, 0.2) is 0 Å². The van der Waals surface area contributed by atoms with Crippen molar-refractivity contribution in [1.82, 2.24) is 5.32 Å². The third-order valence-corrected chi connectivity index (χ3v) is 3.37. The van der Waals surface area contributed by atoms with Crippen molar-refractivity contribution in [3.8, 4) is 6.07 Å². The Kier molecular flexibility index (Phi) is 4.94. The van der Waals surface area contributed by atoms with Gasteiger partial charge in [-0.2, -0.15) is 5.26 Å². The van der Waals surface area contributed by atoms with E-state index in [0.29, 0.717) is 0 Å². The number of hydrogen-bond donors (Lipinski definition) is 2. The van der Waals surface area contributed by atoms with Crippen molar-refractivity contribution in [2.24, 2.45) is 5.92 Å². The molecule has 1 rings (SSSR count). The number of rotatable bonds is 5. The Morgan fingerprint density at radius 2 is 2.05 bits per heavy atom. The first kappa shape index (κ1) is 15.0. The molecule has 0 unspecified atom stereocenters. The third-order valence-electron chi connectivity index (χ3n) is 3.37. The molecule has 2 N–H and O–H groups in total. The summed E-state index contributed by atoms with van der Waals surface area (Å²) in [6, 6.07) is 9.93. The predicted octanol–water partition coefficient (Wildman–Crippen LogP) is 2.46. The van der Waals surface area contributed by atoms with Gasteiger partial charge in [0.1, 0.15) is 5.54 Å². The van der Waals surface area contributed by atoms with Crippen LogP contribution in [0.3, 0.4) is 0 Å². The largest absolute Gasteiger partial charge is 0.376 e. The molecule has 0 heterocycles. The number of aryl methyl sites for hydroxylation is 1. The van der Waals surface area contributed by atoms with Crippen LogP contribution in [0.5, 0.6) is 0 Å². The van der Waals surface area contributed by atoms with E-state index in [2.05, 4.69) is 16.7 Å². The van der Waals surface area contributed by atoms with Gasteiger partial charge in [0.25, 0.3) is 0 Å². The lowest BCUT2D eigenvalue weighted by atomic mass is 9.90. The Morgan fingerprint density at radius 1 is 1.42 bits per heavy atom. The number of amides is 1. The van der Waals surface area contributed by atoms with Crippen LogP contribution in [0, 0.1) is 24.2 Å². The van der Waals surface area contributed by atoms with Gasteiger partial charge in [-0.05, 0) is 31.4 Å². The van der Waals surface area contributed by atoms with Gasteiger partial charge in [0.2, 0.25) is 5.91 Å². The van der Waals surface area contributed by atoms with E-state index in [-0.39, 0.29) is 18.4 Å². The van der Waals surface area contributed by atoms with Crippen molar-refractivity contribution in [3.05, 3.63) is 29.8 Å². The minimum Gasteiger partial charge on any atom is -0.376 e. The molecule has 0 saturated carbocycles. The number of benzene rings is 1. The first-order valence-electron chi connectivity index (χ1n) is 6.41. The molecule has 1 amide bonds. The molecule has 0 aliphatic carbocycles. The molecule has 1 aromatic carbocycles. The first-order valence-corrected chi connectivity index (χ1v) is 6.41. The lowest BCUT2D eigenvalue weighted by Crippen LogP contribution is -2.50. The highest BCUT2D eigenvalue weighted by Crippen LogP contribution is 2.15. The highest BCUT2D eigenvalue weighted by molar-refractivity contribution is 5.82. The molecule has 0 radical (unpaired) electrons. The van der Waals surface area contributed by atoms with Gasteiger partial charge in [-0.15, -0.1) is 0 Å². The van der Waals surface area contributed by atoms with Crippen molar-refractivity contribution >= 4 is 11.6 Å². The molecule has 4 heteroatoms. The molecule has 0 bridgehead atoms. The van der Waals surface area contributed by atoms with Crippen molar-refractivity contribution in [3.63, 3.8) is 0 Å². The molecule has 102 valence electrons. The van der Waals surface area contributed by atoms with Crippen LogP contribution in [0.25, 0.3) is 0 Å². The zero-order chi connectivity index (χ0) is 14.5. The van der Waals surface area contributed by atoms with Gasteiger partial charge in [-0.25, -0.2) is 0 Å². The first-order chi connectivity index (χ1) is 8.89. The second-order valence-corrected chi connectivity index (χ2v) is 5.19. The molecule has 1 aromatic rings. The SMILES string of the molecule is Cc1ccccc1NCC(=O)N[C@](C)(C#N)C(C)C. The fourth-order valence-corrected chi connectivity index (χ4v) is 1.58. The summed E-state index contributed by atoms with van der Waals surface area (Å²) in [6.07, 6.45) is 0. The average Bonchev–Trinajstić information content (AvgIpc) is 2.37. The van der Waals surface area contributed by atoms with Gasteiger partial charge < -0.3 is 10.6 Å². The zero-order valence-electron chi connectivity index (χ0n) is 11.9. The number of para-hydroxylation sites is 1. The smallest absolute Gasteiger partial charge is 0.240 e. The number of carbonyl (C=O) groups excluding carboxylic acids is 1. The van der Waals surface area contributed by atoms with E-state index in [9.17, 15) is 4.79 Å². The van der Waals surface area contributed by atoms with Gasteiger partial charge in [0.05, 0.1) is 12.6 Å². The maximum atomic E-state index is 11.9. The fraction of sp³-hybridized carbons (Fsp3) is 0.467. The molecule has 0 fully saturated rings. The minimum atomic E-state index is -0.829. The monoisotopic (exact) mass is 259 g/mol. The van der Waals surface area contributed by atoms with Crippen LogP contribution in [0.15, 0.2) is 24.3 Å². The van der Waals surface area contributed by atoms with E-state index < -0.39 is 5.54 Å². The quantitative estimate of drug-likeness (QED) is 0.853. The van der Waals surface area contributed by atoms with Crippen LogP contribution in [0.2, 0.25) is 0 Å². The molecule has 19 heavy (non-hydrogen) atoms. The Balaban J connectivity index is 2.58. The molecule has 0 aliphatic rings. The fourth-order valence-electron chi connectivity index (χ4n) is 1.58. The number of hydrogen-bond acceptors (Lipinski definition) is 3. The van der Waals surface area contributed by atoms with E-state index in [0.717, 1.165) is 11.3 Å². The highest BCUT2D eigenvalue weighted by atomic mass is 16.2. The molecule has 1 atom stereocenters. The molecule has 0 aromatic heterocycles. The number of nitrogens with zero attached hydrogens (tertiary/aromatic N) is 1. The minimum absolute atomic E-state index is 0.0555. The van der Waals surface area contributed by atoms with Crippen molar-refractivity contribution < 1.29 is 4.79 Å². The second-order valence-electron chi connectivity index (χ2n) is 5.19. The molecule has 0 saturated heterocycles. The van der Waals surface area contributed by atoms with Crippen molar-refractivity contribution in [1.29, 1.82) is 5.26 Å². The van der Waals surface area contributed by atoms with Crippen LogP contribution >= 0.6 is 0 Å². The van der Waals surface area contributed by atoms with E-state index in [1.165, 1.54) is 0 Å². The van der Waals surface area contributed by atoms with Gasteiger partial charge in [0, 0.05) is 5.69 Å². The summed E-state index contributed by atoms with van der Waals surface area (Å²) in [6.45, 7) is 7.71. The molecule has 0 aliphatic heterocycles. The lowest BCUT2D eigenvalue weighted by molar-refractivity contribution is -0.121. The van der Waals surface area contributed by atoms with Gasteiger partial charge >= 0.3 is 0 Å². The number of nitriles is 1. The number of anilines is 1. The summed E-state index contributed by atoms with van der Waals surface area (Å²) in [7, 11) is 0. The molecule has 0 spiro atoms. The average molecular weight is 259 g/mol. The molecular weight excluding hydrogens is 238 g/mol. The number of carbonyl (C=O) groups is 1. The van der Waals surface area contributed by atoms with Crippen LogP contribution in [-0.2, 0) is 4.79 Å². The Hall–Kier alpha value is -2.02. The van der Waals surface area contributed by atoms with E-state index in [4.69, 9.17) is 5.26 Å². The Bertz CT molecular complexity index is 490. The van der Waals surface area contributed by atoms with Crippen LogP contribution in [0.4, 0.5) is 5.69 Å². The summed E-state index contributed by atoms with van der Waals surface area (Å²) >= 11 is 0. The molecular formula is C15H21N3O. The zero-order valence-corrected chi connectivity index (χ0v) is 11.9. The van der Waals surface area contributed by atoms with Crippen LogP contribution in [0.1, 0.15) is 26.3 Å². The normalized spacial score (nSPS) is 13.5. The second kappa shape index (κ2) is 6.24. The standard InChI is InChI=1S/C15H21N3O/c1-11(2)15(4,10-16)18-14(19)9-17-13-8-6-5-7-12(13)3/h5-8,11,17H,9H2,1-4H3,(H,18,19)/t15-/m1/s1. The van der Waals surface area contributed by atoms with Gasteiger partial charge in [-0.1, -0.05) is 32.0 Å². The Labute approximate surface area is 114 Å². The van der Waals surface area contributed by atoms with Crippen molar-refractivity contribution in [2.45, 2.75) is 33.2 Å². The summed E-state index contributed by atoms with van der Waals surface area (Å²) in [5.74, 6) is -0.124. The van der Waals surface area contributed by atoms with Crippen LogP contribution in [-0.4, -0.2) is 18.0 Å². The summed E-state index contributed by atoms with van der Waals surface area (Å²) in [5, 5.41) is 15.0. The van der Waals surface area contributed by atoms with Gasteiger partial charge in [-0.3, -0.25) is 4.79 Å². The topological polar surface area (TPSA) is 64.9 Å². The third kappa shape index (κ3) is 3.99. The summed E-state index contributed by atoms with van der Waals surface area (Å²) in [5.41, 5.74) is 1.19. The van der Waals surface area contributed by atoms with Crippen molar-refractivity contribution in [2.75, 3.05) is 11.9 Å². The lowest BCUT2D eigenvalue weighted by Gasteiger charge is -2.27. The number of nitrogens with one attached hydrogen (secondary N) is 2. The summed E-state index contributed by atoms with van der Waals surface area (Å²) < 4.78 is 0. The Morgan fingerprint density at radius 3 is 2.58 bits per heavy atom. The van der Waals surface area contributed by atoms with E-state index >= 15 is 0 Å². The van der Waals surface area contributed by atoms with E-state index in [1.807, 2.05) is 45.0 Å². The molecule has 4 nitrogen and oxygen atoms in total. The maximum Gasteiger partial charge on any atom is 0.240 e.